The van der Waals surface area contributed by atoms with Crippen molar-refractivity contribution < 1.29 is 8.42 Å². The summed E-state index contributed by atoms with van der Waals surface area (Å²) in [5, 5.41) is 0.0375. The zero-order chi connectivity index (χ0) is 18.9. The lowest BCUT2D eigenvalue weighted by atomic mass is 10.0. The molecule has 0 bridgehead atoms. The quantitative estimate of drug-likeness (QED) is 0.713. The van der Waals surface area contributed by atoms with Crippen molar-refractivity contribution in [1.29, 1.82) is 0 Å². The van der Waals surface area contributed by atoms with Crippen LogP contribution in [0.25, 0.3) is 11.0 Å². The van der Waals surface area contributed by atoms with Crippen LogP contribution in [0.4, 0.5) is 0 Å². The van der Waals surface area contributed by atoms with E-state index in [9.17, 15) is 18.0 Å². The minimum Gasteiger partial charge on any atom is -0.327 e. The van der Waals surface area contributed by atoms with Crippen molar-refractivity contribution >= 4 is 21.1 Å². The summed E-state index contributed by atoms with van der Waals surface area (Å²) in [6.07, 6.45) is 1.67. The molecule has 0 radical (unpaired) electrons. The molecule has 25 heavy (non-hydrogen) atoms. The average Bonchev–Trinajstić information content (AvgIpc) is 2.56. The lowest BCUT2D eigenvalue weighted by Gasteiger charge is -2.21. The summed E-state index contributed by atoms with van der Waals surface area (Å²) in [5.41, 5.74) is 4.80. The number of H-pyrrole nitrogens is 1. The van der Waals surface area contributed by atoms with Crippen LogP contribution in [0.15, 0.2) is 26.7 Å². The number of nitrogens with zero attached hydrogens (tertiary/aromatic N) is 3. The Kier molecular flexibility index (Phi) is 5.45. The molecule has 0 aromatic carbocycles. The van der Waals surface area contributed by atoms with Crippen LogP contribution in [0.2, 0.25) is 0 Å². The third-order valence-corrected chi connectivity index (χ3v) is 6.09. The minimum atomic E-state index is -3.82. The van der Waals surface area contributed by atoms with E-state index in [1.165, 1.54) is 24.5 Å². The summed E-state index contributed by atoms with van der Waals surface area (Å²) in [7, 11) is -0.915. The number of aromatic amines is 1. The van der Waals surface area contributed by atoms with E-state index in [1.54, 1.807) is 0 Å². The molecular formula is C15H23N5O4S. The van der Waals surface area contributed by atoms with E-state index in [0.717, 1.165) is 10.8 Å². The number of aromatic nitrogens is 3. The standard InChI is InChI=1S/C15H23N5O4S/c1-9(2)12(16)5-6-19(3)25(23,24)10-7-11-13(17-8-10)20(4)15(22)18-14(11)21/h7-9,12H,5-6,16H2,1-4H3,(H,18,21,22). The molecule has 2 aromatic heterocycles. The maximum Gasteiger partial charge on any atom is 0.329 e. The Morgan fingerprint density at radius 2 is 2.00 bits per heavy atom. The van der Waals surface area contributed by atoms with Crippen LogP contribution < -0.4 is 17.0 Å². The molecule has 0 aliphatic heterocycles. The number of hydrogen-bond donors (Lipinski definition) is 2. The lowest BCUT2D eigenvalue weighted by molar-refractivity contribution is 0.397. The number of nitrogens with one attached hydrogen (secondary N) is 1. The predicted octanol–water partition coefficient (Wildman–Crippen LogP) is -0.384. The summed E-state index contributed by atoms with van der Waals surface area (Å²) in [5.74, 6) is 0.248. The van der Waals surface area contributed by atoms with Crippen LogP contribution in [0.5, 0.6) is 0 Å². The second kappa shape index (κ2) is 7.06. The molecule has 0 fully saturated rings. The molecule has 1 unspecified atom stereocenters. The largest absolute Gasteiger partial charge is 0.329 e. The number of nitrogens with two attached hydrogens (primary N) is 1. The van der Waals surface area contributed by atoms with Gasteiger partial charge in [0.1, 0.15) is 10.5 Å². The smallest absolute Gasteiger partial charge is 0.327 e. The van der Waals surface area contributed by atoms with Gasteiger partial charge in [-0.1, -0.05) is 13.8 Å². The van der Waals surface area contributed by atoms with E-state index in [1.807, 2.05) is 13.8 Å². The molecule has 0 amide bonds. The molecule has 1 atom stereocenters. The zero-order valence-corrected chi connectivity index (χ0v) is 15.5. The Morgan fingerprint density at radius 3 is 2.60 bits per heavy atom. The van der Waals surface area contributed by atoms with Crippen LogP contribution in [0, 0.1) is 5.92 Å². The fraction of sp³-hybridized carbons (Fsp3) is 0.533. The van der Waals surface area contributed by atoms with Gasteiger partial charge in [0.05, 0.1) is 5.39 Å². The second-order valence-electron chi connectivity index (χ2n) is 6.38. The molecule has 0 saturated carbocycles. The zero-order valence-electron chi connectivity index (χ0n) is 14.7. The molecular weight excluding hydrogens is 346 g/mol. The predicted molar refractivity (Wildman–Crippen MR) is 94.9 cm³/mol. The van der Waals surface area contributed by atoms with Gasteiger partial charge in [-0.3, -0.25) is 14.3 Å². The van der Waals surface area contributed by atoms with Gasteiger partial charge >= 0.3 is 5.69 Å². The van der Waals surface area contributed by atoms with Crippen LogP contribution in [-0.2, 0) is 17.1 Å². The van der Waals surface area contributed by atoms with Gasteiger partial charge in [-0.25, -0.2) is 22.5 Å². The van der Waals surface area contributed by atoms with Crippen molar-refractivity contribution in [3.63, 3.8) is 0 Å². The van der Waals surface area contributed by atoms with E-state index >= 15 is 0 Å². The third kappa shape index (κ3) is 3.80. The number of aryl methyl sites for hydroxylation is 1. The van der Waals surface area contributed by atoms with Crippen LogP contribution in [0.3, 0.4) is 0 Å². The number of rotatable bonds is 6. The molecule has 138 valence electrons. The topological polar surface area (TPSA) is 131 Å². The van der Waals surface area contributed by atoms with Crippen molar-refractivity contribution in [2.24, 2.45) is 18.7 Å². The summed E-state index contributed by atoms with van der Waals surface area (Å²) in [6.45, 7) is 4.20. The highest BCUT2D eigenvalue weighted by molar-refractivity contribution is 7.89. The van der Waals surface area contributed by atoms with Crippen molar-refractivity contribution in [3.8, 4) is 0 Å². The maximum atomic E-state index is 12.7. The van der Waals surface area contributed by atoms with Gasteiger partial charge < -0.3 is 5.73 Å². The van der Waals surface area contributed by atoms with Gasteiger partial charge in [0, 0.05) is 32.9 Å². The van der Waals surface area contributed by atoms with Crippen LogP contribution in [-0.4, -0.2) is 46.9 Å². The second-order valence-corrected chi connectivity index (χ2v) is 8.43. The molecule has 9 nitrogen and oxygen atoms in total. The lowest BCUT2D eigenvalue weighted by Crippen LogP contribution is -2.35. The van der Waals surface area contributed by atoms with E-state index in [-0.39, 0.29) is 34.4 Å². The summed E-state index contributed by atoms with van der Waals surface area (Å²) in [6, 6.07) is 1.12. The first-order chi connectivity index (χ1) is 11.6. The number of sulfonamides is 1. The van der Waals surface area contributed by atoms with Gasteiger partial charge in [0.15, 0.2) is 0 Å². The molecule has 0 saturated heterocycles. The van der Waals surface area contributed by atoms with Crippen LogP contribution >= 0.6 is 0 Å². The monoisotopic (exact) mass is 369 g/mol. The maximum absolute atomic E-state index is 12.7. The molecule has 2 rings (SSSR count). The Hall–Kier alpha value is -2.04. The van der Waals surface area contributed by atoms with Crippen molar-refractivity contribution in [1.82, 2.24) is 18.8 Å². The molecule has 0 spiro atoms. The van der Waals surface area contributed by atoms with E-state index in [4.69, 9.17) is 5.73 Å². The van der Waals surface area contributed by atoms with E-state index in [0.29, 0.717) is 6.42 Å². The molecule has 2 aromatic rings. The van der Waals surface area contributed by atoms with Gasteiger partial charge in [-0.2, -0.15) is 0 Å². The molecule has 0 aliphatic rings. The first kappa shape index (κ1) is 19.3. The minimum absolute atomic E-state index is 0.0375. The Balaban J connectivity index is 2.40. The first-order valence-corrected chi connectivity index (χ1v) is 9.30. The third-order valence-electron chi connectivity index (χ3n) is 4.27. The average molecular weight is 369 g/mol. The van der Waals surface area contributed by atoms with E-state index in [2.05, 4.69) is 9.97 Å². The summed E-state index contributed by atoms with van der Waals surface area (Å²) in [4.78, 5) is 29.5. The number of hydrogen-bond acceptors (Lipinski definition) is 6. The normalized spacial score (nSPS) is 13.7. The Bertz CT molecular complexity index is 993. The molecule has 10 heteroatoms. The van der Waals surface area contributed by atoms with Crippen LogP contribution in [0.1, 0.15) is 20.3 Å². The Morgan fingerprint density at radius 1 is 1.36 bits per heavy atom. The van der Waals surface area contributed by atoms with Gasteiger partial charge in [-0.15, -0.1) is 0 Å². The SMILES string of the molecule is CC(C)C(N)CCN(C)S(=O)(=O)c1cnc2c(c1)c(=O)[nH]c(=O)n2C. The first-order valence-electron chi connectivity index (χ1n) is 7.86. The highest BCUT2D eigenvalue weighted by Gasteiger charge is 2.23. The summed E-state index contributed by atoms with van der Waals surface area (Å²) < 4.78 is 27.7. The van der Waals surface area contributed by atoms with Crippen molar-refractivity contribution in [2.45, 2.75) is 31.2 Å². The van der Waals surface area contributed by atoms with Crippen molar-refractivity contribution in [2.75, 3.05) is 13.6 Å². The van der Waals surface area contributed by atoms with E-state index < -0.39 is 21.3 Å². The number of fused-ring (bicyclic) bond motifs is 1. The molecule has 2 heterocycles. The molecule has 3 N–H and O–H groups in total. The molecule has 0 aliphatic carbocycles. The fourth-order valence-electron chi connectivity index (χ4n) is 2.32. The van der Waals surface area contributed by atoms with Gasteiger partial charge in [0.2, 0.25) is 10.0 Å². The summed E-state index contributed by atoms with van der Waals surface area (Å²) >= 11 is 0. The number of pyridine rings is 1. The highest BCUT2D eigenvalue weighted by atomic mass is 32.2. The fourth-order valence-corrected chi connectivity index (χ4v) is 3.48. The van der Waals surface area contributed by atoms with Gasteiger partial charge in [0.25, 0.3) is 5.56 Å². The Labute approximate surface area is 145 Å². The van der Waals surface area contributed by atoms with Gasteiger partial charge in [-0.05, 0) is 18.4 Å². The van der Waals surface area contributed by atoms with Crippen molar-refractivity contribution in [3.05, 3.63) is 33.1 Å². The highest BCUT2D eigenvalue weighted by Crippen LogP contribution is 2.17.